The summed E-state index contributed by atoms with van der Waals surface area (Å²) in [5.74, 6) is -1.05. The number of carbonyl (C=O) groups is 2. The maximum absolute atomic E-state index is 12.3. The van der Waals surface area contributed by atoms with Crippen LogP contribution in [0.1, 0.15) is 41.9 Å². The van der Waals surface area contributed by atoms with Crippen LogP contribution >= 0.6 is 0 Å². The molecule has 0 fully saturated rings. The van der Waals surface area contributed by atoms with Crippen LogP contribution < -0.4 is 5.32 Å². The second-order valence-electron chi connectivity index (χ2n) is 6.83. The van der Waals surface area contributed by atoms with E-state index in [-0.39, 0.29) is 24.0 Å². The highest BCUT2D eigenvalue weighted by Crippen LogP contribution is 2.34. The topological polar surface area (TPSA) is 86.6 Å². The smallest absolute Gasteiger partial charge is 0.326 e. The number of fused-ring (bicyclic) bond motifs is 1. The van der Waals surface area contributed by atoms with E-state index in [1.54, 1.807) is 12.1 Å². The SMILES string of the molecule is O=C(Cc1ccc(O)cc1)NC(CC1CCCc2ccccc21)C(=O)O. The molecule has 1 amide bonds. The van der Waals surface area contributed by atoms with Crippen molar-refractivity contribution in [2.24, 2.45) is 0 Å². The Bertz CT molecular complexity index is 785. The molecule has 136 valence electrons. The third-order valence-electron chi connectivity index (χ3n) is 4.95. The fourth-order valence-corrected chi connectivity index (χ4v) is 3.65. The first-order valence-electron chi connectivity index (χ1n) is 8.91. The number of phenols is 1. The van der Waals surface area contributed by atoms with Crippen LogP contribution in [0.25, 0.3) is 0 Å². The van der Waals surface area contributed by atoms with E-state index in [0.717, 1.165) is 24.8 Å². The Morgan fingerprint density at radius 3 is 2.58 bits per heavy atom. The second kappa shape index (κ2) is 8.04. The Hall–Kier alpha value is -2.82. The van der Waals surface area contributed by atoms with E-state index in [9.17, 15) is 19.8 Å². The number of hydrogen-bond donors (Lipinski definition) is 3. The van der Waals surface area contributed by atoms with Crippen LogP contribution in [0, 0.1) is 0 Å². The molecule has 0 aromatic heterocycles. The first-order valence-corrected chi connectivity index (χ1v) is 8.91. The molecule has 1 aliphatic rings. The van der Waals surface area contributed by atoms with Gasteiger partial charge in [-0.05, 0) is 60.4 Å². The molecule has 0 saturated carbocycles. The van der Waals surface area contributed by atoms with Crippen molar-refractivity contribution in [2.45, 2.75) is 44.1 Å². The van der Waals surface area contributed by atoms with Crippen LogP contribution in [-0.4, -0.2) is 28.1 Å². The van der Waals surface area contributed by atoms with Crippen molar-refractivity contribution < 1.29 is 19.8 Å². The summed E-state index contributed by atoms with van der Waals surface area (Å²) in [6, 6.07) is 13.6. The molecule has 2 aromatic carbocycles. The Kier molecular flexibility index (Phi) is 5.56. The highest BCUT2D eigenvalue weighted by atomic mass is 16.4. The number of carbonyl (C=O) groups excluding carboxylic acids is 1. The van der Waals surface area contributed by atoms with Crippen molar-refractivity contribution in [1.29, 1.82) is 0 Å². The summed E-state index contributed by atoms with van der Waals surface area (Å²) < 4.78 is 0. The van der Waals surface area contributed by atoms with Gasteiger partial charge < -0.3 is 15.5 Å². The van der Waals surface area contributed by atoms with Gasteiger partial charge in [-0.25, -0.2) is 4.79 Å². The van der Waals surface area contributed by atoms with Crippen molar-refractivity contribution in [3.63, 3.8) is 0 Å². The lowest BCUT2D eigenvalue weighted by Crippen LogP contribution is -2.42. The molecule has 2 unspecified atom stereocenters. The standard InChI is InChI=1S/C21H23NO4/c23-17-10-8-14(9-11-17)12-20(24)22-19(21(25)26)13-16-6-3-5-15-4-1-2-7-18(15)16/h1-2,4,7-11,16,19,23H,3,5-6,12-13H2,(H,22,24)(H,25,26). The van der Waals surface area contributed by atoms with E-state index in [2.05, 4.69) is 17.4 Å². The number of phenolic OH excluding ortho intramolecular Hbond substituents is 1. The van der Waals surface area contributed by atoms with Gasteiger partial charge in [0.05, 0.1) is 6.42 Å². The maximum atomic E-state index is 12.3. The minimum Gasteiger partial charge on any atom is -0.508 e. The predicted octanol–water partition coefficient (Wildman–Crippen LogP) is 3.01. The largest absolute Gasteiger partial charge is 0.508 e. The monoisotopic (exact) mass is 353 g/mol. The van der Waals surface area contributed by atoms with Gasteiger partial charge in [0, 0.05) is 0 Å². The Morgan fingerprint density at radius 2 is 1.85 bits per heavy atom. The quantitative estimate of drug-likeness (QED) is 0.745. The number of rotatable bonds is 6. The molecule has 0 saturated heterocycles. The molecule has 2 atom stereocenters. The van der Waals surface area contributed by atoms with Gasteiger partial charge in [-0.1, -0.05) is 36.4 Å². The number of amides is 1. The van der Waals surface area contributed by atoms with Gasteiger partial charge >= 0.3 is 5.97 Å². The number of aryl methyl sites for hydroxylation is 1. The van der Waals surface area contributed by atoms with Crippen LogP contribution in [0.3, 0.4) is 0 Å². The number of aromatic hydroxyl groups is 1. The number of benzene rings is 2. The maximum Gasteiger partial charge on any atom is 0.326 e. The summed E-state index contributed by atoms with van der Waals surface area (Å²) in [6.07, 6.45) is 3.49. The van der Waals surface area contributed by atoms with Gasteiger partial charge in [-0.3, -0.25) is 4.79 Å². The fraction of sp³-hybridized carbons (Fsp3) is 0.333. The molecule has 5 nitrogen and oxygen atoms in total. The molecule has 5 heteroatoms. The summed E-state index contributed by atoms with van der Waals surface area (Å²) in [7, 11) is 0. The van der Waals surface area contributed by atoms with Crippen molar-refractivity contribution in [2.75, 3.05) is 0 Å². The fourth-order valence-electron chi connectivity index (χ4n) is 3.65. The van der Waals surface area contributed by atoms with E-state index >= 15 is 0 Å². The van der Waals surface area contributed by atoms with Crippen LogP contribution in [0.4, 0.5) is 0 Å². The van der Waals surface area contributed by atoms with Gasteiger partial charge in [0.25, 0.3) is 0 Å². The molecule has 3 rings (SSSR count). The number of nitrogens with one attached hydrogen (secondary N) is 1. The molecule has 0 heterocycles. The third-order valence-corrected chi connectivity index (χ3v) is 4.95. The predicted molar refractivity (Wildman–Crippen MR) is 98.1 cm³/mol. The lowest BCUT2D eigenvalue weighted by Gasteiger charge is -2.28. The van der Waals surface area contributed by atoms with Gasteiger partial charge in [-0.2, -0.15) is 0 Å². The second-order valence-corrected chi connectivity index (χ2v) is 6.83. The Labute approximate surface area is 152 Å². The number of carboxylic acids is 1. The summed E-state index contributed by atoms with van der Waals surface area (Å²) in [5.41, 5.74) is 3.22. The highest BCUT2D eigenvalue weighted by molar-refractivity contribution is 5.84. The first kappa shape index (κ1) is 18.0. The lowest BCUT2D eigenvalue weighted by molar-refractivity contribution is -0.142. The molecule has 0 aliphatic heterocycles. The zero-order chi connectivity index (χ0) is 18.5. The molecule has 2 aromatic rings. The highest BCUT2D eigenvalue weighted by Gasteiger charge is 2.28. The minimum atomic E-state index is -1.01. The zero-order valence-electron chi connectivity index (χ0n) is 14.5. The van der Waals surface area contributed by atoms with Crippen molar-refractivity contribution in [1.82, 2.24) is 5.32 Å². The van der Waals surface area contributed by atoms with Crippen LogP contribution in [0.15, 0.2) is 48.5 Å². The van der Waals surface area contributed by atoms with Gasteiger partial charge in [0.15, 0.2) is 0 Å². The van der Waals surface area contributed by atoms with Gasteiger partial charge in [0.2, 0.25) is 5.91 Å². The van der Waals surface area contributed by atoms with E-state index in [4.69, 9.17) is 0 Å². The molecule has 3 N–H and O–H groups in total. The van der Waals surface area contributed by atoms with E-state index in [1.807, 2.05) is 12.1 Å². The average molecular weight is 353 g/mol. The molecular weight excluding hydrogens is 330 g/mol. The number of carboxylic acid groups (broad SMARTS) is 1. The summed E-state index contributed by atoms with van der Waals surface area (Å²) in [6.45, 7) is 0. The van der Waals surface area contributed by atoms with E-state index in [1.165, 1.54) is 23.3 Å². The lowest BCUT2D eigenvalue weighted by atomic mass is 9.79. The first-order chi connectivity index (χ1) is 12.5. The molecule has 0 radical (unpaired) electrons. The zero-order valence-corrected chi connectivity index (χ0v) is 14.5. The van der Waals surface area contributed by atoms with Crippen molar-refractivity contribution >= 4 is 11.9 Å². The number of hydrogen-bond acceptors (Lipinski definition) is 3. The normalized spacial score (nSPS) is 17.2. The van der Waals surface area contributed by atoms with Gasteiger partial charge in [0.1, 0.15) is 11.8 Å². The summed E-state index contributed by atoms with van der Waals surface area (Å²) >= 11 is 0. The van der Waals surface area contributed by atoms with E-state index in [0.29, 0.717) is 6.42 Å². The van der Waals surface area contributed by atoms with Crippen LogP contribution in [0.5, 0.6) is 5.75 Å². The van der Waals surface area contributed by atoms with Crippen LogP contribution in [0.2, 0.25) is 0 Å². The van der Waals surface area contributed by atoms with Crippen molar-refractivity contribution in [3.8, 4) is 5.75 Å². The number of aliphatic carboxylic acids is 1. The van der Waals surface area contributed by atoms with Gasteiger partial charge in [-0.15, -0.1) is 0 Å². The molecule has 0 bridgehead atoms. The summed E-state index contributed by atoms with van der Waals surface area (Å²) in [4.78, 5) is 23.9. The average Bonchev–Trinajstić information content (AvgIpc) is 2.63. The Morgan fingerprint density at radius 1 is 1.12 bits per heavy atom. The molecule has 1 aliphatic carbocycles. The van der Waals surface area contributed by atoms with Crippen molar-refractivity contribution in [3.05, 3.63) is 65.2 Å². The van der Waals surface area contributed by atoms with Crippen LogP contribution in [-0.2, 0) is 22.4 Å². The molecule has 0 spiro atoms. The summed E-state index contributed by atoms with van der Waals surface area (Å²) in [5, 5.41) is 21.5. The molecular formula is C21H23NO4. The minimum absolute atomic E-state index is 0.0886. The Balaban J connectivity index is 1.65. The molecule has 26 heavy (non-hydrogen) atoms. The third kappa shape index (κ3) is 4.42. The van der Waals surface area contributed by atoms with E-state index < -0.39 is 12.0 Å².